The van der Waals surface area contributed by atoms with Crippen molar-refractivity contribution in [2.75, 3.05) is 13.2 Å². The minimum atomic E-state index is 0.298. The van der Waals surface area contributed by atoms with Crippen molar-refractivity contribution in [3.05, 3.63) is 22.4 Å². The molecule has 2 atom stereocenters. The van der Waals surface area contributed by atoms with Crippen LogP contribution in [0.25, 0.3) is 0 Å². The first-order chi connectivity index (χ1) is 7.24. The van der Waals surface area contributed by atoms with Gasteiger partial charge in [0.15, 0.2) is 0 Å². The second-order valence-electron chi connectivity index (χ2n) is 4.09. The molecule has 0 amide bonds. The summed E-state index contributed by atoms with van der Waals surface area (Å²) in [6.07, 6.45) is 1.94. The molecule has 1 rings (SSSR count). The van der Waals surface area contributed by atoms with E-state index in [4.69, 9.17) is 5.11 Å². The standard InChI is InChI=1S/C12H21NOS/c1-10(12-6-4-8-15-12)9-13-11(2)5-3-7-14/h4,6,8,10-11,13-14H,3,5,7,9H2,1-2H3. The first-order valence-corrected chi connectivity index (χ1v) is 6.49. The SMILES string of the molecule is CC(CCCO)NCC(C)c1cccs1. The molecule has 0 aromatic carbocycles. The number of thiophene rings is 1. The van der Waals surface area contributed by atoms with Gasteiger partial charge in [0, 0.05) is 30.0 Å². The molecule has 15 heavy (non-hydrogen) atoms. The molecular formula is C12H21NOS. The van der Waals surface area contributed by atoms with Gasteiger partial charge in [-0.25, -0.2) is 0 Å². The number of aliphatic hydroxyl groups excluding tert-OH is 1. The fourth-order valence-electron chi connectivity index (χ4n) is 1.55. The van der Waals surface area contributed by atoms with Crippen molar-refractivity contribution >= 4 is 11.3 Å². The lowest BCUT2D eigenvalue weighted by Crippen LogP contribution is -2.29. The van der Waals surface area contributed by atoms with Crippen molar-refractivity contribution in [3.63, 3.8) is 0 Å². The largest absolute Gasteiger partial charge is 0.396 e. The Morgan fingerprint density at radius 1 is 1.47 bits per heavy atom. The maximum absolute atomic E-state index is 8.72. The monoisotopic (exact) mass is 227 g/mol. The lowest BCUT2D eigenvalue weighted by Gasteiger charge is -2.16. The normalized spacial score (nSPS) is 15.1. The van der Waals surface area contributed by atoms with Crippen LogP contribution in [0, 0.1) is 0 Å². The van der Waals surface area contributed by atoms with Crippen molar-refractivity contribution < 1.29 is 5.11 Å². The van der Waals surface area contributed by atoms with E-state index in [0.717, 1.165) is 19.4 Å². The summed E-state index contributed by atoms with van der Waals surface area (Å²) in [6, 6.07) is 4.79. The highest BCUT2D eigenvalue weighted by atomic mass is 32.1. The number of rotatable bonds is 7. The predicted molar refractivity (Wildman–Crippen MR) is 66.5 cm³/mol. The van der Waals surface area contributed by atoms with Crippen LogP contribution in [-0.2, 0) is 0 Å². The lowest BCUT2D eigenvalue weighted by atomic mass is 10.1. The van der Waals surface area contributed by atoms with E-state index in [1.807, 2.05) is 11.3 Å². The molecule has 0 bridgehead atoms. The molecule has 0 saturated heterocycles. The van der Waals surface area contributed by atoms with Crippen LogP contribution in [0.2, 0.25) is 0 Å². The Hall–Kier alpha value is -0.380. The summed E-state index contributed by atoms with van der Waals surface area (Å²) in [5.41, 5.74) is 0. The van der Waals surface area contributed by atoms with Crippen LogP contribution in [0.5, 0.6) is 0 Å². The molecule has 0 fully saturated rings. The highest BCUT2D eigenvalue weighted by molar-refractivity contribution is 7.10. The molecule has 86 valence electrons. The summed E-state index contributed by atoms with van der Waals surface area (Å²) in [5, 5.41) is 14.3. The number of nitrogens with one attached hydrogen (secondary N) is 1. The summed E-state index contributed by atoms with van der Waals surface area (Å²) in [4.78, 5) is 1.44. The first-order valence-electron chi connectivity index (χ1n) is 5.61. The van der Waals surface area contributed by atoms with Gasteiger partial charge in [-0.1, -0.05) is 13.0 Å². The van der Waals surface area contributed by atoms with E-state index in [2.05, 4.69) is 36.7 Å². The van der Waals surface area contributed by atoms with Gasteiger partial charge in [-0.3, -0.25) is 0 Å². The molecule has 0 aliphatic rings. The molecule has 2 nitrogen and oxygen atoms in total. The second kappa shape index (κ2) is 6.99. The molecule has 1 heterocycles. The van der Waals surface area contributed by atoms with Gasteiger partial charge in [-0.05, 0) is 31.2 Å². The van der Waals surface area contributed by atoms with Gasteiger partial charge < -0.3 is 10.4 Å². The van der Waals surface area contributed by atoms with Crippen LogP contribution in [-0.4, -0.2) is 24.3 Å². The van der Waals surface area contributed by atoms with Gasteiger partial charge in [0.25, 0.3) is 0 Å². The summed E-state index contributed by atoms with van der Waals surface area (Å²) < 4.78 is 0. The Kier molecular flexibility index (Phi) is 5.91. The van der Waals surface area contributed by atoms with Gasteiger partial charge >= 0.3 is 0 Å². The average molecular weight is 227 g/mol. The maximum atomic E-state index is 8.72. The Morgan fingerprint density at radius 3 is 2.87 bits per heavy atom. The van der Waals surface area contributed by atoms with Gasteiger partial charge in [-0.15, -0.1) is 11.3 Å². The highest BCUT2D eigenvalue weighted by Gasteiger charge is 2.08. The van der Waals surface area contributed by atoms with Crippen LogP contribution in [0.3, 0.4) is 0 Å². The smallest absolute Gasteiger partial charge is 0.0431 e. The van der Waals surface area contributed by atoms with Crippen LogP contribution in [0.1, 0.15) is 37.5 Å². The quantitative estimate of drug-likeness (QED) is 0.750. The molecule has 0 aliphatic heterocycles. The second-order valence-corrected chi connectivity index (χ2v) is 5.07. The number of hydrogen-bond acceptors (Lipinski definition) is 3. The van der Waals surface area contributed by atoms with Crippen molar-refractivity contribution in [2.24, 2.45) is 0 Å². The van der Waals surface area contributed by atoms with Gasteiger partial charge in [0.1, 0.15) is 0 Å². The van der Waals surface area contributed by atoms with Crippen LogP contribution in [0.15, 0.2) is 17.5 Å². The zero-order valence-corrected chi connectivity index (χ0v) is 10.4. The third-order valence-corrected chi connectivity index (χ3v) is 3.70. The fourth-order valence-corrected chi connectivity index (χ4v) is 2.34. The van der Waals surface area contributed by atoms with E-state index in [1.54, 1.807) is 0 Å². The fraction of sp³-hybridized carbons (Fsp3) is 0.667. The Balaban J connectivity index is 2.19. The van der Waals surface area contributed by atoms with Crippen molar-refractivity contribution in [1.29, 1.82) is 0 Å². The summed E-state index contributed by atoms with van der Waals surface area (Å²) >= 11 is 1.82. The molecule has 0 spiro atoms. The maximum Gasteiger partial charge on any atom is 0.0431 e. The molecule has 0 aliphatic carbocycles. The topological polar surface area (TPSA) is 32.3 Å². The van der Waals surface area contributed by atoms with Crippen molar-refractivity contribution in [3.8, 4) is 0 Å². The third-order valence-electron chi connectivity index (χ3n) is 2.60. The summed E-state index contributed by atoms with van der Waals surface area (Å²) in [5.74, 6) is 0.585. The highest BCUT2D eigenvalue weighted by Crippen LogP contribution is 2.19. The third kappa shape index (κ3) is 4.78. The van der Waals surface area contributed by atoms with Crippen molar-refractivity contribution in [2.45, 2.75) is 38.6 Å². The van der Waals surface area contributed by atoms with Crippen LogP contribution in [0.4, 0.5) is 0 Å². The van der Waals surface area contributed by atoms with E-state index in [0.29, 0.717) is 18.6 Å². The Morgan fingerprint density at radius 2 is 2.27 bits per heavy atom. The molecule has 0 radical (unpaired) electrons. The van der Waals surface area contributed by atoms with E-state index >= 15 is 0 Å². The molecule has 3 heteroatoms. The minimum Gasteiger partial charge on any atom is -0.396 e. The Bertz CT molecular complexity index is 248. The van der Waals surface area contributed by atoms with Crippen molar-refractivity contribution in [1.82, 2.24) is 5.32 Å². The van der Waals surface area contributed by atoms with E-state index in [-0.39, 0.29) is 0 Å². The molecule has 0 saturated carbocycles. The first kappa shape index (κ1) is 12.7. The average Bonchev–Trinajstić information content (AvgIpc) is 2.76. The molecule has 2 unspecified atom stereocenters. The van der Waals surface area contributed by atoms with Crippen LogP contribution >= 0.6 is 11.3 Å². The molecule has 1 aromatic rings. The van der Waals surface area contributed by atoms with Gasteiger partial charge in [-0.2, -0.15) is 0 Å². The van der Waals surface area contributed by atoms with E-state index in [9.17, 15) is 0 Å². The Labute approximate surface area is 96.3 Å². The van der Waals surface area contributed by atoms with Crippen LogP contribution < -0.4 is 5.32 Å². The van der Waals surface area contributed by atoms with E-state index in [1.165, 1.54) is 4.88 Å². The minimum absolute atomic E-state index is 0.298. The number of aliphatic hydroxyl groups is 1. The molecule has 2 N–H and O–H groups in total. The lowest BCUT2D eigenvalue weighted by molar-refractivity contribution is 0.276. The zero-order chi connectivity index (χ0) is 11.1. The van der Waals surface area contributed by atoms with Gasteiger partial charge in [0.05, 0.1) is 0 Å². The summed E-state index contributed by atoms with van der Waals surface area (Å²) in [7, 11) is 0. The predicted octanol–water partition coefficient (Wildman–Crippen LogP) is 2.60. The summed E-state index contributed by atoms with van der Waals surface area (Å²) in [6.45, 7) is 5.74. The number of hydrogen-bond donors (Lipinski definition) is 2. The van der Waals surface area contributed by atoms with Gasteiger partial charge in [0.2, 0.25) is 0 Å². The molecule has 1 aromatic heterocycles. The van der Waals surface area contributed by atoms with E-state index < -0.39 is 0 Å². The molecular weight excluding hydrogens is 206 g/mol. The zero-order valence-electron chi connectivity index (χ0n) is 9.57.